The van der Waals surface area contributed by atoms with Crippen molar-refractivity contribution in [3.05, 3.63) is 30.9 Å². The SMILES string of the molecule is C=C(OC(=O)C(F)(F)F)C(=O)N1CCC[C@H](Nc2nc(Nc3cnn(C)c3)ncc2N2CCOCC2)C1. The number of rotatable bonds is 7. The number of hydrogen-bond acceptors (Lipinski definition) is 10. The van der Waals surface area contributed by atoms with Gasteiger partial charge in [-0.25, -0.2) is 9.78 Å². The lowest BCUT2D eigenvalue weighted by Gasteiger charge is -2.35. The maximum atomic E-state index is 12.6. The Hall–Kier alpha value is -3.88. The van der Waals surface area contributed by atoms with Crippen molar-refractivity contribution in [1.29, 1.82) is 0 Å². The Labute approximate surface area is 210 Å². The van der Waals surface area contributed by atoms with E-state index in [2.05, 4.69) is 41.9 Å². The molecule has 0 aromatic carbocycles. The normalized spacial score (nSPS) is 18.3. The molecule has 2 aromatic heterocycles. The molecule has 2 aromatic rings. The number of esters is 1. The summed E-state index contributed by atoms with van der Waals surface area (Å²) in [5, 5.41) is 10.6. The van der Waals surface area contributed by atoms with Crippen LogP contribution in [0.15, 0.2) is 30.9 Å². The number of morpholine rings is 1. The van der Waals surface area contributed by atoms with Gasteiger partial charge >= 0.3 is 12.1 Å². The number of nitrogens with one attached hydrogen (secondary N) is 2. The third-order valence-corrected chi connectivity index (χ3v) is 5.82. The van der Waals surface area contributed by atoms with Crippen LogP contribution >= 0.6 is 0 Å². The van der Waals surface area contributed by atoms with Gasteiger partial charge in [-0.3, -0.25) is 9.48 Å². The Balaban J connectivity index is 1.48. The number of carbonyl (C=O) groups excluding carboxylic acids is 2. The second-order valence-corrected chi connectivity index (χ2v) is 8.60. The second kappa shape index (κ2) is 11.0. The van der Waals surface area contributed by atoms with Crippen LogP contribution in [0.25, 0.3) is 0 Å². The number of piperidine rings is 1. The third-order valence-electron chi connectivity index (χ3n) is 5.82. The predicted octanol–water partition coefficient (Wildman–Crippen LogP) is 1.81. The van der Waals surface area contributed by atoms with Gasteiger partial charge in [-0.1, -0.05) is 6.58 Å². The van der Waals surface area contributed by atoms with E-state index in [1.807, 2.05) is 0 Å². The number of anilines is 4. The fraction of sp³-hybridized carbons (Fsp3) is 0.500. The number of ether oxygens (including phenoxy) is 2. The lowest BCUT2D eigenvalue weighted by atomic mass is 10.1. The number of amides is 1. The highest BCUT2D eigenvalue weighted by atomic mass is 19.4. The Morgan fingerprint density at radius 1 is 1.22 bits per heavy atom. The first-order chi connectivity index (χ1) is 17.6. The molecule has 0 saturated carbocycles. The van der Waals surface area contributed by atoms with Crippen molar-refractivity contribution in [2.75, 3.05) is 54.9 Å². The fourth-order valence-electron chi connectivity index (χ4n) is 4.05. The van der Waals surface area contributed by atoms with E-state index < -0.39 is 23.8 Å². The topological polar surface area (TPSA) is 127 Å². The van der Waals surface area contributed by atoms with Crippen LogP contribution in [0.5, 0.6) is 0 Å². The summed E-state index contributed by atoms with van der Waals surface area (Å²) in [6, 6.07) is -0.273. The zero-order chi connectivity index (χ0) is 26.6. The van der Waals surface area contributed by atoms with Gasteiger partial charge in [-0.2, -0.15) is 23.3 Å². The van der Waals surface area contributed by atoms with Gasteiger partial charge in [0.1, 0.15) is 0 Å². The van der Waals surface area contributed by atoms with Crippen LogP contribution in [0.4, 0.5) is 36.3 Å². The summed E-state index contributed by atoms with van der Waals surface area (Å²) >= 11 is 0. The van der Waals surface area contributed by atoms with Gasteiger partial charge in [-0.15, -0.1) is 0 Å². The lowest BCUT2D eigenvalue weighted by molar-refractivity contribution is -0.196. The monoisotopic (exact) mass is 524 g/mol. The Morgan fingerprint density at radius 2 is 1.97 bits per heavy atom. The number of aromatic nitrogens is 4. The van der Waals surface area contributed by atoms with Gasteiger partial charge in [0.25, 0.3) is 5.91 Å². The molecule has 0 aliphatic carbocycles. The number of alkyl halides is 3. The number of halogens is 3. The molecule has 1 atom stereocenters. The van der Waals surface area contributed by atoms with E-state index in [-0.39, 0.29) is 19.1 Å². The second-order valence-electron chi connectivity index (χ2n) is 8.60. The Bertz CT molecular complexity index is 1150. The van der Waals surface area contributed by atoms with Crippen LogP contribution in [-0.4, -0.2) is 88.1 Å². The van der Waals surface area contributed by atoms with Crippen molar-refractivity contribution < 1.29 is 32.2 Å². The molecule has 37 heavy (non-hydrogen) atoms. The first-order valence-electron chi connectivity index (χ1n) is 11.6. The molecule has 12 nitrogen and oxygen atoms in total. The van der Waals surface area contributed by atoms with E-state index >= 15 is 0 Å². The molecule has 2 fully saturated rings. The highest BCUT2D eigenvalue weighted by molar-refractivity contribution is 5.94. The first kappa shape index (κ1) is 26.2. The predicted molar refractivity (Wildman–Crippen MR) is 126 cm³/mol. The van der Waals surface area contributed by atoms with Gasteiger partial charge in [-0.05, 0) is 12.8 Å². The molecule has 2 aliphatic rings. The summed E-state index contributed by atoms with van der Waals surface area (Å²) in [4.78, 5) is 36.2. The summed E-state index contributed by atoms with van der Waals surface area (Å²) in [5.41, 5.74) is 1.46. The van der Waals surface area contributed by atoms with Crippen molar-refractivity contribution in [2.24, 2.45) is 7.05 Å². The smallest absolute Gasteiger partial charge is 0.415 e. The Kier molecular flexibility index (Phi) is 7.80. The molecular weight excluding hydrogens is 497 g/mol. The molecule has 2 aliphatic heterocycles. The average molecular weight is 525 g/mol. The molecule has 0 bridgehead atoms. The number of nitrogens with zero attached hydrogens (tertiary/aromatic N) is 6. The van der Waals surface area contributed by atoms with Gasteiger partial charge in [0.2, 0.25) is 5.95 Å². The average Bonchev–Trinajstić information content (AvgIpc) is 3.28. The summed E-state index contributed by atoms with van der Waals surface area (Å²) < 4.78 is 48.7. The molecular formula is C22H27F3N8O4. The van der Waals surface area contributed by atoms with Crippen LogP contribution in [-0.2, 0) is 26.1 Å². The van der Waals surface area contributed by atoms with E-state index in [0.29, 0.717) is 56.6 Å². The van der Waals surface area contributed by atoms with Crippen molar-refractivity contribution >= 4 is 35.0 Å². The van der Waals surface area contributed by atoms with Gasteiger partial charge in [0, 0.05) is 45.5 Å². The maximum Gasteiger partial charge on any atom is 0.491 e. The summed E-state index contributed by atoms with van der Waals surface area (Å²) in [7, 11) is 1.79. The highest BCUT2D eigenvalue weighted by Gasteiger charge is 2.42. The molecule has 0 unspecified atom stereocenters. The number of hydrogen-bond donors (Lipinski definition) is 2. The summed E-state index contributed by atoms with van der Waals surface area (Å²) in [5.74, 6) is -3.36. The largest absolute Gasteiger partial charge is 0.491 e. The van der Waals surface area contributed by atoms with Crippen LogP contribution < -0.4 is 15.5 Å². The summed E-state index contributed by atoms with van der Waals surface area (Å²) in [6.45, 7) is 6.05. The molecule has 0 radical (unpaired) electrons. The number of likely N-dealkylation sites (tertiary alicyclic amines) is 1. The summed E-state index contributed by atoms with van der Waals surface area (Å²) in [6.07, 6.45) is 1.13. The van der Waals surface area contributed by atoms with Crippen molar-refractivity contribution in [1.82, 2.24) is 24.6 Å². The number of aryl methyl sites for hydroxylation is 1. The zero-order valence-electron chi connectivity index (χ0n) is 20.1. The quantitative estimate of drug-likeness (QED) is 0.315. The standard InChI is InChI=1S/C22H27F3N8O4/c1-14(37-20(35)22(23,24)25)19(34)33-5-3-4-15(13-33)28-18-17(32-6-8-36-9-7-32)11-26-21(30-18)29-16-10-27-31(2)12-16/h10-12,15H,1,3-9,13H2,2H3,(H2,26,28,29,30)/t15-/m0/s1. The molecule has 2 saturated heterocycles. The molecule has 4 rings (SSSR count). The van der Waals surface area contributed by atoms with Crippen molar-refractivity contribution in [3.63, 3.8) is 0 Å². The number of carbonyl (C=O) groups is 2. The van der Waals surface area contributed by atoms with Crippen LogP contribution in [0.1, 0.15) is 12.8 Å². The first-order valence-corrected chi connectivity index (χ1v) is 11.6. The minimum atomic E-state index is -5.22. The third kappa shape index (κ3) is 6.67. The van der Waals surface area contributed by atoms with Crippen molar-refractivity contribution in [2.45, 2.75) is 25.1 Å². The molecule has 4 heterocycles. The van der Waals surface area contributed by atoms with Crippen LogP contribution in [0.2, 0.25) is 0 Å². The fourth-order valence-corrected chi connectivity index (χ4v) is 4.05. The van der Waals surface area contributed by atoms with E-state index in [0.717, 1.165) is 5.69 Å². The van der Waals surface area contributed by atoms with E-state index in [1.165, 1.54) is 4.90 Å². The van der Waals surface area contributed by atoms with E-state index in [9.17, 15) is 22.8 Å². The molecule has 2 N–H and O–H groups in total. The van der Waals surface area contributed by atoms with E-state index in [4.69, 9.17) is 4.74 Å². The zero-order valence-corrected chi connectivity index (χ0v) is 20.1. The maximum absolute atomic E-state index is 12.6. The van der Waals surface area contributed by atoms with Gasteiger partial charge in [0.15, 0.2) is 11.6 Å². The van der Waals surface area contributed by atoms with Crippen LogP contribution in [0, 0.1) is 0 Å². The molecule has 200 valence electrons. The van der Waals surface area contributed by atoms with Gasteiger partial charge in [0.05, 0.1) is 37.0 Å². The van der Waals surface area contributed by atoms with E-state index in [1.54, 1.807) is 30.3 Å². The van der Waals surface area contributed by atoms with Gasteiger partial charge < -0.3 is 29.9 Å². The molecule has 0 spiro atoms. The minimum absolute atomic E-state index is 0.152. The molecule has 15 heteroatoms. The lowest BCUT2D eigenvalue weighted by Crippen LogP contribution is -2.46. The Morgan fingerprint density at radius 3 is 2.65 bits per heavy atom. The van der Waals surface area contributed by atoms with Crippen molar-refractivity contribution in [3.8, 4) is 0 Å². The minimum Gasteiger partial charge on any atom is -0.415 e. The molecule has 1 amide bonds. The van der Waals surface area contributed by atoms with Crippen LogP contribution in [0.3, 0.4) is 0 Å². The highest BCUT2D eigenvalue weighted by Crippen LogP contribution is 2.28.